The van der Waals surface area contributed by atoms with Crippen LogP contribution in [0.15, 0.2) is 66.7 Å². The zero-order chi connectivity index (χ0) is 24.5. The minimum atomic E-state index is -0.726. The van der Waals surface area contributed by atoms with E-state index < -0.39 is 6.10 Å². The van der Waals surface area contributed by atoms with Crippen LogP contribution < -0.4 is 9.64 Å². The SMILES string of the molecule is Cc1cccc(N2C[C@@H](c3nc4ccccc4n3C[C@H](O)COc3cc(C)ccc3C)CC2=O)c1. The van der Waals surface area contributed by atoms with E-state index in [1.165, 1.54) is 0 Å². The molecule has 180 valence electrons. The minimum Gasteiger partial charge on any atom is -0.491 e. The second kappa shape index (κ2) is 9.55. The van der Waals surface area contributed by atoms with Crippen molar-refractivity contribution in [1.29, 1.82) is 0 Å². The molecule has 0 bridgehead atoms. The fourth-order valence-corrected chi connectivity index (χ4v) is 4.84. The topological polar surface area (TPSA) is 67.6 Å². The maximum Gasteiger partial charge on any atom is 0.227 e. The van der Waals surface area contributed by atoms with Crippen molar-refractivity contribution in [2.75, 3.05) is 18.1 Å². The highest BCUT2D eigenvalue weighted by molar-refractivity contribution is 5.96. The predicted molar refractivity (Wildman–Crippen MR) is 138 cm³/mol. The molecule has 4 aromatic rings. The summed E-state index contributed by atoms with van der Waals surface area (Å²) in [7, 11) is 0. The van der Waals surface area contributed by atoms with Crippen LogP contribution in [0, 0.1) is 20.8 Å². The van der Waals surface area contributed by atoms with Crippen LogP contribution in [-0.2, 0) is 11.3 Å². The molecule has 0 radical (unpaired) electrons. The number of aliphatic hydroxyl groups excluding tert-OH is 1. The molecule has 6 nitrogen and oxygen atoms in total. The van der Waals surface area contributed by atoms with Gasteiger partial charge in [-0.2, -0.15) is 0 Å². The van der Waals surface area contributed by atoms with Crippen LogP contribution in [-0.4, -0.2) is 39.8 Å². The number of hydrogen-bond acceptors (Lipinski definition) is 4. The lowest BCUT2D eigenvalue weighted by molar-refractivity contribution is -0.117. The minimum absolute atomic E-state index is 0.0532. The third-order valence-corrected chi connectivity index (χ3v) is 6.66. The lowest BCUT2D eigenvalue weighted by atomic mass is 10.1. The normalized spacial score (nSPS) is 16.7. The molecule has 35 heavy (non-hydrogen) atoms. The number of amides is 1. The third kappa shape index (κ3) is 4.80. The van der Waals surface area contributed by atoms with E-state index in [0.717, 1.165) is 45.0 Å². The monoisotopic (exact) mass is 469 g/mol. The molecule has 1 aliphatic heterocycles. The average Bonchev–Trinajstić information content (AvgIpc) is 3.40. The van der Waals surface area contributed by atoms with Crippen LogP contribution in [0.5, 0.6) is 5.75 Å². The molecule has 6 heteroatoms. The summed E-state index contributed by atoms with van der Waals surface area (Å²) in [5.41, 5.74) is 6.02. The lowest BCUT2D eigenvalue weighted by Crippen LogP contribution is -2.26. The first-order chi connectivity index (χ1) is 16.9. The van der Waals surface area contributed by atoms with Gasteiger partial charge in [0.15, 0.2) is 0 Å². The van der Waals surface area contributed by atoms with Gasteiger partial charge in [0, 0.05) is 24.6 Å². The van der Waals surface area contributed by atoms with E-state index in [1.807, 2.05) is 92.4 Å². The number of aryl methyl sites for hydroxylation is 3. The molecule has 2 heterocycles. The molecular formula is C29H31N3O3. The summed E-state index contributed by atoms with van der Waals surface area (Å²) < 4.78 is 8.02. The van der Waals surface area contributed by atoms with Gasteiger partial charge in [0.05, 0.1) is 17.6 Å². The van der Waals surface area contributed by atoms with Crippen LogP contribution in [0.2, 0.25) is 0 Å². The number of aliphatic hydroxyl groups is 1. The number of benzene rings is 3. The Morgan fingerprint density at radius 3 is 2.66 bits per heavy atom. The molecule has 1 fully saturated rings. The van der Waals surface area contributed by atoms with E-state index in [-0.39, 0.29) is 18.4 Å². The Hall–Kier alpha value is -3.64. The number of ether oxygens (including phenoxy) is 1. The van der Waals surface area contributed by atoms with Gasteiger partial charge in [0.1, 0.15) is 24.3 Å². The van der Waals surface area contributed by atoms with Gasteiger partial charge in [0.2, 0.25) is 5.91 Å². The van der Waals surface area contributed by atoms with Gasteiger partial charge in [-0.1, -0.05) is 36.4 Å². The Bertz CT molecular complexity index is 1380. The highest BCUT2D eigenvalue weighted by Crippen LogP contribution is 2.33. The number of nitrogens with zero attached hydrogens (tertiary/aromatic N) is 3. The second-order valence-corrected chi connectivity index (χ2v) is 9.55. The first-order valence-corrected chi connectivity index (χ1v) is 12.1. The number of anilines is 1. The molecule has 0 spiro atoms. The number of rotatable bonds is 7. The van der Waals surface area contributed by atoms with Gasteiger partial charge in [-0.05, 0) is 67.8 Å². The number of carbonyl (C=O) groups is 1. The number of imidazole rings is 1. The van der Waals surface area contributed by atoms with Crippen molar-refractivity contribution in [3.05, 3.63) is 89.2 Å². The van der Waals surface area contributed by atoms with Crippen LogP contribution in [0.1, 0.15) is 34.9 Å². The summed E-state index contributed by atoms with van der Waals surface area (Å²) in [6.45, 7) is 7.14. The van der Waals surface area contributed by atoms with E-state index in [4.69, 9.17) is 9.72 Å². The quantitative estimate of drug-likeness (QED) is 0.417. The average molecular weight is 470 g/mol. The highest BCUT2D eigenvalue weighted by Gasteiger charge is 2.35. The zero-order valence-corrected chi connectivity index (χ0v) is 20.4. The molecule has 3 aromatic carbocycles. The maximum absolute atomic E-state index is 13.0. The summed E-state index contributed by atoms with van der Waals surface area (Å²) in [4.78, 5) is 19.7. The smallest absolute Gasteiger partial charge is 0.227 e. The number of aromatic nitrogens is 2. The highest BCUT2D eigenvalue weighted by atomic mass is 16.5. The number of para-hydroxylation sites is 2. The van der Waals surface area contributed by atoms with E-state index in [9.17, 15) is 9.90 Å². The molecule has 1 N–H and O–H groups in total. The van der Waals surface area contributed by atoms with Crippen LogP contribution in [0.3, 0.4) is 0 Å². The molecule has 5 rings (SSSR count). The van der Waals surface area contributed by atoms with Crippen LogP contribution in [0.25, 0.3) is 11.0 Å². The van der Waals surface area contributed by atoms with Crippen molar-refractivity contribution in [1.82, 2.24) is 9.55 Å². The van der Waals surface area contributed by atoms with Crippen LogP contribution in [0.4, 0.5) is 5.69 Å². The molecule has 0 unspecified atom stereocenters. The fourth-order valence-electron chi connectivity index (χ4n) is 4.84. The molecule has 1 saturated heterocycles. The van der Waals surface area contributed by atoms with Gasteiger partial charge >= 0.3 is 0 Å². The summed E-state index contributed by atoms with van der Waals surface area (Å²) in [5, 5.41) is 10.9. The Morgan fingerprint density at radius 2 is 1.83 bits per heavy atom. The van der Waals surface area contributed by atoms with Crippen molar-refractivity contribution in [2.45, 2.75) is 45.8 Å². The second-order valence-electron chi connectivity index (χ2n) is 9.55. The summed E-state index contributed by atoms with van der Waals surface area (Å²) >= 11 is 0. The third-order valence-electron chi connectivity index (χ3n) is 6.66. The molecule has 1 aliphatic rings. The van der Waals surface area contributed by atoms with Crippen molar-refractivity contribution in [3.8, 4) is 5.75 Å². The number of fused-ring (bicyclic) bond motifs is 1. The molecule has 2 atom stereocenters. The first-order valence-electron chi connectivity index (χ1n) is 12.1. The summed E-state index contributed by atoms with van der Waals surface area (Å²) in [5.74, 6) is 1.66. The molecule has 1 amide bonds. The summed E-state index contributed by atoms with van der Waals surface area (Å²) in [6, 6.07) is 22.0. The van der Waals surface area contributed by atoms with E-state index in [1.54, 1.807) is 0 Å². The van der Waals surface area contributed by atoms with Gasteiger partial charge in [-0.3, -0.25) is 4.79 Å². The van der Waals surface area contributed by atoms with Crippen molar-refractivity contribution >= 4 is 22.6 Å². The largest absolute Gasteiger partial charge is 0.491 e. The molecule has 1 aromatic heterocycles. The van der Waals surface area contributed by atoms with E-state index >= 15 is 0 Å². The van der Waals surface area contributed by atoms with Gasteiger partial charge in [0.25, 0.3) is 0 Å². The Kier molecular flexibility index (Phi) is 6.31. The van der Waals surface area contributed by atoms with E-state index in [2.05, 4.69) is 4.57 Å². The summed E-state index contributed by atoms with van der Waals surface area (Å²) in [6.07, 6.45) is -0.331. The molecule has 0 aliphatic carbocycles. The number of carbonyl (C=O) groups excluding carboxylic acids is 1. The van der Waals surface area contributed by atoms with Crippen molar-refractivity contribution in [2.24, 2.45) is 0 Å². The Morgan fingerprint density at radius 1 is 1.03 bits per heavy atom. The van der Waals surface area contributed by atoms with Gasteiger partial charge in [-0.25, -0.2) is 4.98 Å². The standard InChI is InChI=1S/C29H31N3O3/c1-19-7-6-8-23(13-19)31-16-22(15-28(31)34)29-30-25-9-4-5-10-26(25)32(29)17-24(33)18-35-27-14-20(2)11-12-21(27)3/h4-14,22,24,33H,15-18H2,1-3H3/t22-,24-/m0/s1. The van der Waals surface area contributed by atoms with Gasteiger partial charge < -0.3 is 19.3 Å². The van der Waals surface area contributed by atoms with Crippen molar-refractivity contribution < 1.29 is 14.6 Å². The first kappa shape index (κ1) is 23.1. The molecule has 0 saturated carbocycles. The van der Waals surface area contributed by atoms with Crippen molar-refractivity contribution in [3.63, 3.8) is 0 Å². The Labute approximate surface area is 205 Å². The number of hydrogen-bond donors (Lipinski definition) is 1. The maximum atomic E-state index is 13.0. The molecular weight excluding hydrogens is 438 g/mol. The fraction of sp³-hybridized carbons (Fsp3) is 0.310. The van der Waals surface area contributed by atoms with Crippen LogP contribution >= 0.6 is 0 Å². The lowest BCUT2D eigenvalue weighted by Gasteiger charge is -2.19. The van der Waals surface area contributed by atoms with E-state index in [0.29, 0.717) is 19.5 Å². The zero-order valence-electron chi connectivity index (χ0n) is 20.4. The van der Waals surface area contributed by atoms with Gasteiger partial charge in [-0.15, -0.1) is 0 Å². The Balaban J connectivity index is 1.39. The predicted octanol–water partition coefficient (Wildman–Crippen LogP) is 4.92.